The fraction of sp³-hybridized carbons (Fsp3) is 0.214. The summed E-state index contributed by atoms with van der Waals surface area (Å²) >= 11 is 0. The van der Waals surface area contributed by atoms with Gasteiger partial charge in [0.05, 0.1) is 6.21 Å². The second-order valence-corrected chi connectivity index (χ2v) is 4.61. The number of nitrogens with one attached hydrogen (secondary N) is 1. The van der Waals surface area contributed by atoms with Gasteiger partial charge in [0.25, 0.3) is 18.8 Å². The predicted octanol–water partition coefficient (Wildman–Crippen LogP) is 2.61. The molecule has 0 saturated heterocycles. The van der Waals surface area contributed by atoms with Crippen molar-refractivity contribution in [1.82, 2.24) is 15.2 Å². The molecular weight excluding hydrogens is 332 g/mol. The summed E-state index contributed by atoms with van der Waals surface area (Å²) in [5.41, 5.74) is 0.738. The van der Waals surface area contributed by atoms with Crippen LogP contribution in [0.2, 0.25) is 0 Å². The van der Waals surface area contributed by atoms with E-state index < -0.39 is 36.7 Å². The Morgan fingerprint density at radius 2 is 2.00 bits per heavy atom. The average molecular weight is 344 g/mol. The van der Waals surface area contributed by atoms with E-state index in [2.05, 4.69) is 10.2 Å². The number of hydrazone groups is 1. The molecule has 1 aromatic heterocycles. The fourth-order valence-corrected chi connectivity index (χ4v) is 1.80. The zero-order valence-corrected chi connectivity index (χ0v) is 12.0. The minimum Gasteiger partial charge on any atom is -0.507 e. The molecule has 2 aromatic rings. The second-order valence-electron chi connectivity index (χ2n) is 4.61. The highest BCUT2D eigenvalue weighted by molar-refractivity contribution is 5.84. The topological polar surface area (TPSA) is 79.5 Å². The van der Waals surface area contributed by atoms with Crippen molar-refractivity contribution in [3.8, 4) is 5.75 Å². The minimum atomic E-state index is -3.05. The molecule has 2 N–H and O–H groups in total. The Kier molecular flexibility index (Phi) is 5.51. The van der Waals surface area contributed by atoms with Crippen LogP contribution in [0, 0.1) is 0 Å². The van der Waals surface area contributed by atoms with Crippen LogP contribution in [0.15, 0.2) is 35.4 Å². The lowest BCUT2D eigenvalue weighted by atomic mass is 10.2. The summed E-state index contributed by atoms with van der Waals surface area (Å²) in [5.74, 6) is -0.906. The van der Waals surface area contributed by atoms with E-state index in [4.69, 9.17) is 0 Å². The van der Waals surface area contributed by atoms with Gasteiger partial charge in [0.2, 0.25) is 0 Å². The van der Waals surface area contributed by atoms with Gasteiger partial charge in [0.15, 0.2) is 0 Å². The number of carbonyl (C=O) groups is 1. The van der Waals surface area contributed by atoms with Crippen molar-refractivity contribution in [2.75, 3.05) is 0 Å². The Bertz CT molecular complexity index is 746. The van der Waals surface area contributed by atoms with Crippen LogP contribution in [0.3, 0.4) is 0 Å². The first-order valence-corrected chi connectivity index (χ1v) is 6.62. The van der Waals surface area contributed by atoms with Gasteiger partial charge in [-0.25, -0.2) is 23.0 Å². The molecule has 10 heteroatoms. The summed E-state index contributed by atoms with van der Waals surface area (Å²) in [6.45, 7) is -0.704. The number of amides is 1. The number of phenols is 1. The summed E-state index contributed by atoms with van der Waals surface area (Å²) < 4.78 is 51.1. The molecule has 0 radical (unpaired) electrons. The first-order chi connectivity index (χ1) is 11.4. The molecule has 0 bridgehead atoms. The maximum atomic E-state index is 12.8. The first kappa shape index (κ1) is 17.4. The molecule has 0 saturated carbocycles. The molecule has 1 amide bonds. The lowest BCUT2D eigenvalue weighted by molar-refractivity contribution is -0.121. The number of hydrogen-bond acceptors (Lipinski definition) is 4. The molecular formula is C14H12F4N4O2. The fourth-order valence-electron chi connectivity index (χ4n) is 1.80. The summed E-state index contributed by atoms with van der Waals surface area (Å²) in [7, 11) is 0. The SMILES string of the molecule is O=C(Cn1nc(C(F)F)cc1C(F)F)N/N=C/c1ccccc1O. The number of rotatable bonds is 6. The molecule has 0 aliphatic heterocycles. The quantitative estimate of drug-likeness (QED) is 0.480. The van der Waals surface area contributed by atoms with Crippen LogP contribution in [0.4, 0.5) is 17.6 Å². The average Bonchev–Trinajstić information content (AvgIpc) is 2.93. The van der Waals surface area contributed by atoms with Crippen molar-refractivity contribution in [3.05, 3.63) is 47.3 Å². The lowest BCUT2D eigenvalue weighted by Gasteiger charge is -2.05. The highest BCUT2D eigenvalue weighted by Crippen LogP contribution is 2.24. The largest absolute Gasteiger partial charge is 0.507 e. The van der Waals surface area contributed by atoms with Crippen LogP contribution < -0.4 is 5.43 Å². The van der Waals surface area contributed by atoms with Crippen molar-refractivity contribution in [2.45, 2.75) is 19.4 Å². The Labute approximate surface area is 133 Å². The van der Waals surface area contributed by atoms with E-state index in [1.807, 2.05) is 5.43 Å². The number of hydrogen-bond donors (Lipinski definition) is 2. The van der Waals surface area contributed by atoms with E-state index in [0.29, 0.717) is 16.3 Å². The van der Waals surface area contributed by atoms with Crippen LogP contribution >= 0.6 is 0 Å². The van der Waals surface area contributed by atoms with Crippen LogP contribution in [0.25, 0.3) is 0 Å². The zero-order chi connectivity index (χ0) is 17.7. The maximum Gasteiger partial charge on any atom is 0.282 e. The standard InChI is InChI=1S/C14H12F4N4O2/c15-13(16)9-5-10(14(17)18)22(21-9)7-12(24)20-19-6-8-3-1-2-4-11(8)23/h1-6,13-14,23H,7H2,(H,20,24)/b19-6+. The Balaban J connectivity index is 2.03. The highest BCUT2D eigenvalue weighted by atomic mass is 19.3. The van der Waals surface area contributed by atoms with Gasteiger partial charge < -0.3 is 5.11 Å². The van der Waals surface area contributed by atoms with Gasteiger partial charge in [-0.05, 0) is 18.2 Å². The summed E-state index contributed by atoms with van der Waals surface area (Å²) in [4.78, 5) is 11.7. The number of phenolic OH excluding ortho intramolecular Hbond substituents is 1. The van der Waals surface area contributed by atoms with Crippen molar-refractivity contribution < 1.29 is 27.5 Å². The molecule has 24 heavy (non-hydrogen) atoms. The van der Waals surface area contributed by atoms with E-state index >= 15 is 0 Å². The molecule has 0 atom stereocenters. The third kappa shape index (κ3) is 4.31. The maximum absolute atomic E-state index is 12.8. The van der Waals surface area contributed by atoms with E-state index in [1.165, 1.54) is 12.1 Å². The molecule has 0 aliphatic carbocycles. The second kappa shape index (κ2) is 7.57. The zero-order valence-electron chi connectivity index (χ0n) is 12.0. The smallest absolute Gasteiger partial charge is 0.282 e. The third-order valence-electron chi connectivity index (χ3n) is 2.90. The molecule has 128 valence electrons. The van der Waals surface area contributed by atoms with E-state index in [-0.39, 0.29) is 5.75 Å². The van der Waals surface area contributed by atoms with E-state index in [0.717, 1.165) is 6.21 Å². The number of benzene rings is 1. The Morgan fingerprint density at radius 3 is 2.62 bits per heavy atom. The number of halogens is 4. The molecule has 6 nitrogen and oxygen atoms in total. The summed E-state index contributed by atoms with van der Waals surface area (Å²) in [6, 6.07) is 6.72. The lowest BCUT2D eigenvalue weighted by Crippen LogP contribution is -2.25. The molecule has 0 aliphatic rings. The molecule has 0 fully saturated rings. The molecule has 0 spiro atoms. The number of alkyl halides is 4. The van der Waals surface area contributed by atoms with Crippen molar-refractivity contribution in [1.29, 1.82) is 0 Å². The normalized spacial score (nSPS) is 11.6. The van der Waals surface area contributed by atoms with Crippen molar-refractivity contribution >= 4 is 12.1 Å². The van der Waals surface area contributed by atoms with Gasteiger partial charge in [0, 0.05) is 5.56 Å². The number of para-hydroxylation sites is 1. The van der Waals surface area contributed by atoms with E-state index in [1.54, 1.807) is 12.1 Å². The van der Waals surface area contributed by atoms with Crippen molar-refractivity contribution in [3.63, 3.8) is 0 Å². The molecule has 2 rings (SSSR count). The van der Waals surface area contributed by atoms with Crippen LogP contribution in [-0.4, -0.2) is 27.0 Å². The number of nitrogens with zero attached hydrogens (tertiary/aromatic N) is 3. The van der Waals surface area contributed by atoms with Gasteiger partial charge in [-0.15, -0.1) is 0 Å². The van der Waals surface area contributed by atoms with Gasteiger partial charge in [-0.1, -0.05) is 12.1 Å². The molecule has 0 unspecified atom stereocenters. The summed E-state index contributed by atoms with van der Waals surface area (Å²) in [5, 5.41) is 16.3. The van der Waals surface area contributed by atoms with Gasteiger partial charge in [-0.3, -0.25) is 9.48 Å². The summed E-state index contributed by atoms with van der Waals surface area (Å²) in [6.07, 6.45) is -4.93. The van der Waals surface area contributed by atoms with Gasteiger partial charge >= 0.3 is 0 Å². The third-order valence-corrected chi connectivity index (χ3v) is 2.90. The first-order valence-electron chi connectivity index (χ1n) is 6.62. The Morgan fingerprint density at radius 1 is 1.29 bits per heavy atom. The van der Waals surface area contributed by atoms with Crippen LogP contribution in [0.1, 0.15) is 29.8 Å². The van der Waals surface area contributed by atoms with Gasteiger partial charge in [0.1, 0.15) is 23.7 Å². The van der Waals surface area contributed by atoms with Crippen molar-refractivity contribution in [2.24, 2.45) is 5.10 Å². The van der Waals surface area contributed by atoms with E-state index in [9.17, 15) is 27.5 Å². The number of aromatic hydroxyl groups is 1. The number of carbonyl (C=O) groups excluding carboxylic acids is 1. The number of aromatic nitrogens is 2. The van der Waals surface area contributed by atoms with Crippen LogP contribution in [0.5, 0.6) is 5.75 Å². The van der Waals surface area contributed by atoms with Gasteiger partial charge in [-0.2, -0.15) is 10.2 Å². The monoisotopic (exact) mass is 344 g/mol. The minimum absolute atomic E-state index is 0.0656. The molecule has 1 heterocycles. The highest BCUT2D eigenvalue weighted by Gasteiger charge is 2.22. The Hall–Kier alpha value is -2.91. The van der Waals surface area contributed by atoms with Crippen LogP contribution in [-0.2, 0) is 11.3 Å². The molecule has 1 aromatic carbocycles. The predicted molar refractivity (Wildman–Crippen MR) is 76.0 cm³/mol.